The van der Waals surface area contributed by atoms with Crippen LogP contribution in [0.1, 0.15) is 33.1 Å². The van der Waals surface area contributed by atoms with Crippen LogP contribution in [0.4, 0.5) is 12.9 Å². The maximum absolute atomic E-state index is 12.2. The normalized spacial score (nSPS) is 31.4. The minimum atomic E-state index is -4.94. The third-order valence-corrected chi connectivity index (χ3v) is 3.10. The summed E-state index contributed by atoms with van der Waals surface area (Å²) in [6.45, 7) is 1.95. The summed E-state index contributed by atoms with van der Waals surface area (Å²) in [6.07, 6.45) is 2.84. The van der Waals surface area contributed by atoms with Crippen molar-refractivity contribution in [1.82, 2.24) is 0 Å². The van der Waals surface area contributed by atoms with Crippen molar-refractivity contribution in [1.29, 1.82) is 0 Å². The van der Waals surface area contributed by atoms with Crippen LogP contribution < -0.4 is 0 Å². The molecule has 1 aliphatic carbocycles. The minimum Gasteiger partial charge on any atom is -0.445 e. The Hall–Kier alpha value is -0.445. The Balaban J connectivity index is 2.35. The Morgan fingerprint density at radius 1 is 1.19 bits per heavy atom. The average molecular weight is 235 g/mol. The molecule has 1 rings (SSSR count). The Labute approximate surface area is 95.1 Å². The molecular weight excluding hydrogens is 216 g/mol. The Kier molecular flexibility index (Phi) is 4.47. The fourth-order valence-corrected chi connectivity index (χ4v) is 2.33. The second-order valence-electron chi connectivity index (χ2n) is 5.08. The van der Waals surface area contributed by atoms with Crippen LogP contribution >= 0.6 is 0 Å². The van der Waals surface area contributed by atoms with E-state index in [-0.39, 0.29) is 12.7 Å². The van der Waals surface area contributed by atoms with Gasteiger partial charge in [-0.15, -0.1) is 12.1 Å². The summed E-state index contributed by atoms with van der Waals surface area (Å²) in [5.41, 5.74) is -0.731. The highest BCUT2D eigenvalue weighted by molar-refractivity contribution is 6.66. The average Bonchev–Trinajstić information content (AvgIpc) is 2.11. The maximum atomic E-state index is 12.2. The molecule has 1 nitrogen and oxygen atoms in total. The van der Waals surface area contributed by atoms with Gasteiger partial charge in [0.05, 0.1) is 6.10 Å². The summed E-state index contributed by atoms with van der Waals surface area (Å²) in [5.74, 6) is 1.08. The molecule has 0 saturated heterocycles. The molecule has 0 spiro atoms. The summed E-state index contributed by atoms with van der Waals surface area (Å²) in [4.78, 5) is 0. The van der Waals surface area contributed by atoms with Crippen molar-refractivity contribution >= 4 is 6.98 Å². The van der Waals surface area contributed by atoms with Crippen molar-refractivity contribution in [3.05, 3.63) is 12.1 Å². The first-order valence-corrected chi connectivity index (χ1v) is 5.78. The van der Waals surface area contributed by atoms with E-state index >= 15 is 0 Å². The Morgan fingerprint density at radius 2 is 1.69 bits per heavy atom. The molecule has 94 valence electrons. The van der Waals surface area contributed by atoms with Gasteiger partial charge in [-0.25, -0.2) is 0 Å². The summed E-state index contributed by atoms with van der Waals surface area (Å²) >= 11 is 0. The highest BCUT2D eigenvalue weighted by Gasteiger charge is 2.29. The van der Waals surface area contributed by atoms with Crippen molar-refractivity contribution < 1.29 is 17.7 Å². The maximum Gasteiger partial charge on any atom is 0.507 e. The van der Waals surface area contributed by atoms with Gasteiger partial charge in [0.1, 0.15) is 0 Å². The molecule has 5 heteroatoms. The molecule has 0 N–H and O–H groups in total. The van der Waals surface area contributed by atoms with Crippen molar-refractivity contribution in [2.75, 3.05) is 6.61 Å². The van der Waals surface area contributed by atoms with Gasteiger partial charge in [0.2, 0.25) is 0 Å². The van der Waals surface area contributed by atoms with Gasteiger partial charge in [-0.05, 0) is 31.1 Å². The molecule has 0 heterocycles. The smallest absolute Gasteiger partial charge is 0.445 e. The van der Waals surface area contributed by atoms with Crippen LogP contribution in [0.15, 0.2) is 12.1 Å². The minimum absolute atomic E-state index is 0.0337. The predicted octanol–water partition coefficient (Wildman–Crippen LogP) is 3.77. The summed E-state index contributed by atoms with van der Waals surface area (Å²) < 4.78 is 42.0. The van der Waals surface area contributed by atoms with Crippen LogP contribution in [0, 0.1) is 11.8 Å². The van der Waals surface area contributed by atoms with E-state index in [1.165, 1.54) is 0 Å². The number of rotatable bonds is 4. The molecule has 0 amide bonds. The summed E-state index contributed by atoms with van der Waals surface area (Å²) in [5, 5.41) is 0. The van der Waals surface area contributed by atoms with Crippen LogP contribution in [0.5, 0.6) is 0 Å². The monoisotopic (exact) mass is 235 g/mol. The van der Waals surface area contributed by atoms with Gasteiger partial charge in [-0.3, -0.25) is 0 Å². The van der Waals surface area contributed by atoms with Crippen LogP contribution in [0.2, 0.25) is 0 Å². The van der Waals surface area contributed by atoms with E-state index in [0.717, 1.165) is 19.3 Å². The number of hydrogen-bond acceptors (Lipinski definition) is 1. The first kappa shape index (κ1) is 13.6. The summed E-state index contributed by atoms with van der Waals surface area (Å²) in [6, 6.07) is 0. The zero-order chi connectivity index (χ0) is 12.3. The standard InChI is InChI=1S/C11H19BF3O/c1-8-4-9(2)6-11(5-8)16-7-10(3)12(13,14)15/h8-9,11H,3-7H2,1-2H3/q-1. The predicted molar refractivity (Wildman–Crippen MR) is 60.1 cm³/mol. The molecule has 0 aliphatic heterocycles. The Bertz CT molecular complexity index is 242. The van der Waals surface area contributed by atoms with Crippen molar-refractivity contribution in [2.45, 2.75) is 39.2 Å². The molecule has 0 aromatic heterocycles. The molecule has 16 heavy (non-hydrogen) atoms. The van der Waals surface area contributed by atoms with Gasteiger partial charge in [0.15, 0.2) is 0 Å². The number of hydrogen-bond donors (Lipinski definition) is 0. The zero-order valence-electron chi connectivity index (χ0n) is 9.89. The molecule has 2 unspecified atom stereocenters. The molecule has 0 radical (unpaired) electrons. The quantitative estimate of drug-likeness (QED) is 0.674. The van der Waals surface area contributed by atoms with Crippen LogP contribution in [-0.2, 0) is 4.74 Å². The molecule has 0 aromatic carbocycles. The van der Waals surface area contributed by atoms with Gasteiger partial charge >= 0.3 is 6.98 Å². The SMILES string of the molecule is C=C(COC1CC(C)CC(C)C1)[B-](F)(F)F. The fraction of sp³-hybridized carbons (Fsp3) is 0.818. The van der Waals surface area contributed by atoms with Crippen LogP contribution in [-0.4, -0.2) is 19.7 Å². The first-order valence-electron chi connectivity index (χ1n) is 5.78. The van der Waals surface area contributed by atoms with Gasteiger partial charge in [0.25, 0.3) is 0 Å². The highest BCUT2D eigenvalue weighted by atomic mass is 19.4. The third kappa shape index (κ3) is 4.20. The second kappa shape index (κ2) is 5.26. The Morgan fingerprint density at radius 3 is 2.12 bits per heavy atom. The topological polar surface area (TPSA) is 9.23 Å². The highest BCUT2D eigenvalue weighted by Crippen LogP contribution is 2.31. The van der Waals surface area contributed by atoms with Gasteiger partial charge < -0.3 is 17.7 Å². The summed E-state index contributed by atoms with van der Waals surface area (Å²) in [7, 11) is 0. The van der Waals surface area contributed by atoms with E-state index in [0.29, 0.717) is 11.8 Å². The lowest BCUT2D eigenvalue weighted by Crippen LogP contribution is -2.29. The van der Waals surface area contributed by atoms with Gasteiger partial charge in [-0.1, -0.05) is 13.8 Å². The van der Waals surface area contributed by atoms with E-state index in [9.17, 15) is 12.9 Å². The van der Waals surface area contributed by atoms with Gasteiger partial charge in [0, 0.05) is 6.61 Å². The van der Waals surface area contributed by atoms with Crippen molar-refractivity contribution in [2.24, 2.45) is 11.8 Å². The zero-order valence-corrected chi connectivity index (χ0v) is 9.89. The van der Waals surface area contributed by atoms with E-state index in [4.69, 9.17) is 4.74 Å². The van der Waals surface area contributed by atoms with E-state index in [2.05, 4.69) is 20.4 Å². The van der Waals surface area contributed by atoms with Crippen molar-refractivity contribution in [3.8, 4) is 0 Å². The second-order valence-corrected chi connectivity index (χ2v) is 5.08. The van der Waals surface area contributed by atoms with Crippen LogP contribution in [0.3, 0.4) is 0 Å². The molecule has 0 bridgehead atoms. The molecule has 1 fully saturated rings. The molecular formula is C11H19BF3O-. The molecule has 2 atom stereocenters. The largest absolute Gasteiger partial charge is 0.507 e. The lowest BCUT2D eigenvalue weighted by molar-refractivity contribution is 0.0134. The fourth-order valence-electron chi connectivity index (χ4n) is 2.33. The first-order chi connectivity index (χ1) is 7.29. The third-order valence-electron chi connectivity index (χ3n) is 3.10. The number of ether oxygens (including phenoxy) is 1. The molecule has 0 aromatic rings. The van der Waals surface area contributed by atoms with E-state index in [1.807, 2.05) is 0 Å². The lowest BCUT2D eigenvalue weighted by atomic mass is 9.80. The van der Waals surface area contributed by atoms with Crippen LogP contribution in [0.25, 0.3) is 0 Å². The molecule has 1 saturated carbocycles. The number of halogens is 3. The molecule has 1 aliphatic rings. The van der Waals surface area contributed by atoms with Gasteiger partial charge in [-0.2, -0.15) is 0 Å². The van der Waals surface area contributed by atoms with Crippen molar-refractivity contribution in [3.63, 3.8) is 0 Å². The lowest BCUT2D eigenvalue weighted by Gasteiger charge is -2.32. The van der Waals surface area contributed by atoms with E-state index in [1.54, 1.807) is 0 Å². The van der Waals surface area contributed by atoms with E-state index < -0.39 is 12.4 Å².